The molecule has 0 aliphatic rings. The molecule has 0 N–H and O–H groups in total. The molecule has 0 saturated carbocycles. The highest BCUT2D eigenvalue weighted by atomic mass is 79.9. The normalized spacial score (nSPS) is 10.6. The average Bonchev–Trinajstić information content (AvgIpc) is 2.39. The SMILES string of the molecule is C=C(CCCCCCCCCCCCCC)OBr. The molecule has 0 radical (unpaired) electrons. The first kappa shape index (κ1) is 18.0. The van der Waals surface area contributed by atoms with Crippen LogP contribution in [-0.2, 0) is 3.83 Å². The Balaban J connectivity index is 2.97. The molecule has 0 atom stereocenters. The molecule has 0 aromatic rings. The first-order valence-electron chi connectivity index (χ1n) is 7.77. The molecule has 2 heteroatoms. The van der Waals surface area contributed by atoms with E-state index in [9.17, 15) is 0 Å². The van der Waals surface area contributed by atoms with E-state index in [2.05, 4.69) is 29.8 Å². The lowest BCUT2D eigenvalue weighted by Crippen LogP contribution is -1.84. The molecule has 0 rings (SSSR count). The number of unbranched alkanes of at least 4 members (excludes halogenated alkanes) is 11. The first-order valence-corrected chi connectivity index (χ1v) is 8.42. The van der Waals surface area contributed by atoms with Gasteiger partial charge in [-0.3, -0.25) is 0 Å². The van der Waals surface area contributed by atoms with E-state index in [4.69, 9.17) is 3.83 Å². The van der Waals surface area contributed by atoms with Crippen LogP contribution in [0.1, 0.15) is 90.4 Å². The van der Waals surface area contributed by atoms with E-state index in [0.29, 0.717) is 0 Å². The van der Waals surface area contributed by atoms with Gasteiger partial charge in [0.1, 0.15) is 5.76 Å². The van der Waals surface area contributed by atoms with Gasteiger partial charge in [-0.2, -0.15) is 0 Å². The highest BCUT2D eigenvalue weighted by Crippen LogP contribution is 2.14. The van der Waals surface area contributed by atoms with Gasteiger partial charge in [0.25, 0.3) is 0 Å². The van der Waals surface area contributed by atoms with Crippen LogP contribution in [-0.4, -0.2) is 0 Å². The second-order valence-electron chi connectivity index (χ2n) is 5.25. The number of hydrogen-bond donors (Lipinski definition) is 0. The van der Waals surface area contributed by atoms with Gasteiger partial charge in [-0.1, -0.05) is 84.1 Å². The average molecular weight is 319 g/mol. The Hall–Kier alpha value is 0.0200. The summed E-state index contributed by atoms with van der Waals surface area (Å²) in [6.07, 6.45) is 17.7. The summed E-state index contributed by atoms with van der Waals surface area (Å²) >= 11 is 2.95. The fourth-order valence-electron chi connectivity index (χ4n) is 2.20. The van der Waals surface area contributed by atoms with E-state index in [0.717, 1.165) is 12.2 Å². The van der Waals surface area contributed by atoms with Crippen molar-refractivity contribution in [3.05, 3.63) is 12.3 Å². The zero-order valence-corrected chi connectivity index (χ0v) is 13.8. The van der Waals surface area contributed by atoms with Crippen molar-refractivity contribution in [3.63, 3.8) is 0 Å². The van der Waals surface area contributed by atoms with Crippen LogP contribution in [0.4, 0.5) is 0 Å². The maximum Gasteiger partial charge on any atom is 0.178 e. The van der Waals surface area contributed by atoms with Crippen LogP contribution < -0.4 is 0 Å². The largest absolute Gasteiger partial charge is 0.423 e. The Morgan fingerprint density at radius 1 is 0.778 bits per heavy atom. The third-order valence-corrected chi connectivity index (χ3v) is 3.88. The molecule has 0 amide bonds. The van der Waals surface area contributed by atoms with Gasteiger partial charge in [-0.25, -0.2) is 0 Å². The van der Waals surface area contributed by atoms with Crippen LogP contribution in [0.25, 0.3) is 0 Å². The second kappa shape index (κ2) is 15.1. The van der Waals surface area contributed by atoms with E-state index in [-0.39, 0.29) is 0 Å². The number of hydrogen-bond acceptors (Lipinski definition) is 1. The molecule has 18 heavy (non-hydrogen) atoms. The maximum absolute atomic E-state index is 4.87. The van der Waals surface area contributed by atoms with Gasteiger partial charge in [-0.15, -0.1) is 0 Å². The first-order chi connectivity index (χ1) is 8.81. The van der Waals surface area contributed by atoms with Crippen molar-refractivity contribution in [1.29, 1.82) is 0 Å². The minimum absolute atomic E-state index is 0.849. The molecule has 0 aromatic heterocycles. The number of halogens is 1. The van der Waals surface area contributed by atoms with E-state index in [1.165, 1.54) is 77.0 Å². The predicted molar refractivity (Wildman–Crippen MR) is 84.8 cm³/mol. The number of allylic oxidation sites excluding steroid dienone is 1. The smallest absolute Gasteiger partial charge is 0.178 e. The topological polar surface area (TPSA) is 9.23 Å². The van der Waals surface area contributed by atoms with Gasteiger partial charge in [0.2, 0.25) is 0 Å². The van der Waals surface area contributed by atoms with Crippen molar-refractivity contribution in [2.24, 2.45) is 0 Å². The summed E-state index contributed by atoms with van der Waals surface area (Å²) in [5.41, 5.74) is 0. The maximum atomic E-state index is 4.87. The fourth-order valence-corrected chi connectivity index (χ4v) is 2.36. The fraction of sp³-hybridized carbons (Fsp3) is 0.875. The van der Waals surface area contributed by atoms with Crippen LogP contribution in [0, 0.1) is 0 Å². The van der Waals surface area contributed by atoms with Gasteiger partial charge < -0.3 is 3.83 Å². The van der Waals surface area contributed by atoms with E-state index >= 15 is 0 Å². The summed E-state index contributed by atoms with van der Waals surface area (Å²) in [6, 6.07) is 0. The Kier molecular flexibility index (Phi) is 15.1. The lowest BCUT2D eigenvalue weighted by Gasteiger charge is -2.03. The summed E-state index contributed by atoms with van der Waals surface area (Å²) in [5, 5.41) is 0. The minimum Gasteiger partial charge on any atom is -0.423 e. The van der Waals surface area contributed by atoms with E-state index in [1.54, 1.807) is 0 Å². The molecule has 0 bridgehead atoms. The standard InChI is InChI=1S/C16H31BrO/c1-3-4-5-6-7-8-9-10-11-12-13-14-15-16(2)18-17/h2-15H2,1H3. The van der Waals surface area contributed by atoms with Crippen molar-refractivity contribution in [2.75, 3.05) is 0 Å². The van der Waals surface area contributed by atoms with Crippen LogP contribution in [0.2, 0.25) is 0 Å². The zero-order valence-electron chi connectivity index (χ0n) is 12.2. The molecule has 0 saturated heterocycles. The summed E-state index contributed by atoms with van der Waals surface area (Å²) in [6.45, 7) is 6.07. The Bertz CT molecular complexity index is 180. The van der Waals surface area contributed by atoms with Crippen LogP contribution >= 0.6 is 16.3 Å². The highest BCUT2D eigenvalue weighted by molar-refractivity contribution is 9.06. The molecular formula is C16H31BrO. The third kappa shape index (κ3) is 14.1. The second-order valence-corrected chi connectivity index (χ2v) is 5.58. The summed E-state index contributed by atoms with van der Waals surface area (Å²) in [4.78, 5) is 0. The van der Waals surface area contributed by atoms with Crippen molar-refractivity contribution < 1.29 is 3.83 Å². The molecule has 1 nitrogen and oxygen atoms in total. The van der Waals surface area contributed by atoms with Crippen molar-refractivity contribution in [1.82, 2.24) is 0 Å². The van der Waals surface area contributed by atoms with Crippen molar-refractivity contribution in [3.8, 4) is 0 Å². The molecule has 0 fully saturated rings. The summed E-state index contributed by atoms with van der Waals surface area (Å²) in [5.74, 6) is 0.849. The molecular weight excluding hydrogens is 288 g/mol. The van der Waals surface area contributed by atoms with Gasteiger partial charge in [0, 0.05) is 6.42 Å². The zero-order chi connectivity index (χ0) is 13.5. The lowest BCUT2D eigenvalue weighted by molar-refractivity contribution is 0.475. The predicted octanol–water partition coefficient (Wildman–Crippen LogP) is 6.92. The molecule has 108 valence electrons. The van der Waals surface area contributed by atoms with Crippen molar-refractivity contribution in [2.45, 2.75) is 90.4 Å². The lowest BCUT2D eigenvalue weighted by atomic mass is 10.0. The Morgan fingerprint density at radius 3 is 1.56 bits per heavy atom. The van der Waals surface area contributed by atoms with Crippen LogP contribution in [0.3, 0.4) is 0 Å². The van der Waals surface area contributed by atoms with Gasteiger partial charge >= 0.3 is 0 Å². The molecule has 0 unspecified atom stereocenters. The highest BCUT2D eigenvalue weighted by Gasteiger charge is 1.95. The van der Waals surface area contributed by atoms with Crippen LogP contribution in [0.15, 0.2) is 12.3 Å². The molecule has 0 spiro atoms. The van der Waals surface area contributed by atoms with Gasteiger partial charge in [0.15, 0.2) is 16.3 Å². The van der Waals surface area contributed by atoms with Gasteiger partial charge in [0.05, 0.1) is 0 Å². The molecule has 0 aliphatic heterocycles. The van der Waals surface area contributed by atoms with E-state index in [1.807, 2.05) is 0 Å². The monoisotopic (exact) mass is 318 g/mol. The Labute approximate surface area is 123 Å². The minimum atomic E-state index is 0.849. The molecule has 0 heterocycles. The third-order valence-electron chi connectivity index (χ3n) is 3.42. The number of rotatable bonds is 14. The van der Waals surface area contributed by atoms with Crippen LogP contribution in [0.5, 0.6) is 0 Å². The van der Waals surface area contributed by atoms with Crippen molar-refractivity contribution >= 4 is 16.3 Å². The molecule has 0 aliphatic carbocycles. The molecule has 0 aromatic carbocycles. The summed E-state index contributed by atoms with van der Waals surface area (Å²) < 4.78 is 4.87. The van der Waals surface area contributed by atoms with E-state index < -0.39 is 0 Å². The summed E-state index contributed by atoms with van der Waals surface area (Å²) in [7, 11) is 0. The Morgan fingerprint density at radius 2 is 1.17 bits per heavy atom. The van der Waals surface area contributed by atoms with Gasteiger partial charge in [-0.05, 0) is 6.42 Å². The quantitative estimate of drug-likeness (QED) is 0.249.